The van der Waals surface area contributed by atoms with E-state index < -0.39 is 30.0 Å². The van der Waals surface area contributed by atoms with Gasteiger partial charge in [-0.15, -0.1) is 10.2 Å². The van der Waals surface area contributed by atoms with Gasteiger partial charge in [-0.3, -0.25) is 9.11 Å². The fourth-order valence-electron chi connectivity index (χ4n) is 2.13. The summed E-state index contributed by atoms with van der Waals surface area (Å²) >= 11 is 0. The van der Waals surface area contributed by atoms with Crippen LogP contribution in [-0.4, -0.2) is 46.6 Å². The predicted molar refractivity (Wildman–Crippen MR) is 104 cm³/mol. The van der Waals surface area contributed by atoms with Gasteiger partial charge in [-0.1, -0.05) is 29.5 Å². The van der Waals surface area contributed by atoms with Crippen LogP contribution >= 0.6 is 0 Å². The van der Waals surface area contributed by atoms with E-state index in [-0.39, 0.29) is 22.5 Å². The van der Waals surface area contributed by atoms with Gasteiger partial charge in [0.05, 0.1) is 0 Å². The third kappa shape index (κ3) is 6.35. The van der Waals surface area contributed by atoms with Crippen LogP contribution < -0.4 is 11.5 Å². The number of nitrogen functional groups attached to an aromatic ring is 2. The molecular formula is C15H16N6O6S2. The summed E-state index contributed by atoms with van der Waals surface area (Å²) in [7, 11) is -9.05. The number of nitrogens with zero attached hydrogens (tertiary/aromatic N) is 3. The number of nitrogens with one attached hydrogen (secondary N) is 1. The lowest BCUT2D eigenvalue weighted by Crippen LogP contribution is -2.03. The van der Waals surface area contributed by atoms with E-state index in [0.29, 0.717) is 0 Å². The molecule has 14 heteroatoms. The van der Waals surface area contributed by atoms with Crippen molar-refractivity contribution in [3.8, 4) is 0 Å². The molecule has 0 radical (unpaired) electrons. The van der Waals surface area contributed by atoms with Crippen LogP contribution in [0.1, 0.15) is 11.1 Å². The fourth-order valence-corrected chi connectivity index (χ4v) is 3.57. The molecule has 0 aliphatic carbocycles. The summed E-state index contributed by atoms with van der Waals surface area (Å²) in [6, 6.07) is 7.67. The number of aromatic amines is 1. The summed E-state index contributed by atoms with van der Waals surface area (Å²) < 4.78 is 64.1. The van der Waals surface area contributed by atoms with Crippen LogP contribution in [0.15, 0.2) is 52.5 Å². The molecule has 3 aromatic rings. The molecule has 0 spiro atoms. The van der Waals surface area contributed by atoms with Gasteiger partial charge in [-0.25, -0.2) is 0 Å². The monoisotopic (exact) mass is 440 g/mol. The average molecular weight is 440 g/mol. The highest BCUT2D eigenvalue weighted by atomic mass is 32.2. The van der Waals surface area contributed by atoms with Gasteiger partial charge >= 0.3 is 0 Å². The smallest absolute Gasteiger partial charge is 0.295 e. The Morgan fingerprint density at radius 3 is 1.55 bits per heavy atom. The number of hydrogen-bond donors (Lipinski definition) is 5. The molecular weight excluding hydrogens is 424 g/mol. The van der Waals surface area contributed by atoms with E-state index in [1.807, 2.05) is 0 Å². The molecule has 0 saturated carbocycles. The SMILES string of the molecule is Nc1ccc(/C=C/c2ccc(N)cc2S(=O)(=O)O)c(S(=O)(=O)O)c1.c1nn[nH]n1. The lowest BCUT2D eigenvalue weighted by molar-refractivity contribution is 0.480. The number of aromatic nitrogens is 4. The molecule has 7 N–H and O–H groups in total. The Kier molecular flexibility index (Phi) is 6.65. The minimum absolute atomic E-state index is 0.0878. The van der Waals surface area contributed by atoms with Crippen LogP contribution in [0.4, 0.5) is 11.4 Å². The molecule has 0 saturated heterocycles. The van der Waals surface area contributed by atoms with Crippen LogP contribution in [0.3, 0.4) is 0 Å². The molecule has 0 fully saturated rings. The van der Waals surface area contributed by atoms with Crippen molar-refractivity contribution >= 4 is 43.8 Å². The molecule has 1 aromatic heterocycles. The molecule has 3 rings (SSSR count). The summed E-state index contributed by atoms with van der Waals surface area (Å²) in [5.41, 5.74) is 11.4. The topological polar surface area (TPSA) is 215 Å². The second kappa shape index (κ2) is 8.78. The van der Waals surface area contributed by atoms with Gasteiger partial charge in [-0.2, -0.15) is 22.0 Å². The van der Waals surface area contributed by atoms with E-state index in [4.69, 9.17) is 11.5 Å². The first kappa shape index (κ1) is 22.0. The molecule has 154 valence electrons. The van der Waals surface area contributed by atoms with E-state index in [1.54, 1.807) is 0 Å². The Labute approximate surface area is 165 Å². The largest absolute Gasteiger partial charge is 0.399 e. The first-order valence-electron chi connectivity index (χ1n) is 7.57. The lowest BCUT2D eigenvalue weighted by atomic mass is 10.1. The molecule has 1 heterocycles. The number of H-pyrrole nitrogens is 1. The van der Waals surface area contributed by atoms with E-state index in [9.17, 15) is 25.9 Å². The van der Waals surface area contributed by atoms with E-state index in [2.05, 4.69) is 20.6 Å². The third-order valence-electron chi connectivity index (χ3n) is 3.34. The highest BCUT2D eigenvalue weighted by Crippen LogP contribution is 2.24. The maximum absolute atomic E-state index is 11.4. The maximum atomic E-state index is 11.4. The molecule has 12 nitrogen and oxygen atoms in total. The van der Waals surface area contributed by atoms with Gasteiger partial charge in [0.15, 0.2) is 6.33 Å². The van der Waals surface area contributed by atoms with Crippen molar-refractivity contribution < 1.29 is 25.9 Å². The molecule has 0 bridgehead atoms. The number of anilines is 2. The quantitative estimate of drug-likeness (QED) is 0.216. The molecule has 0 amide bonds. The van der Waals surface area contributed by atoms with Crippen molar-refractivity contribution in [2.45, 2.75) is 9.79 Å². The number of tetrazole rings is 1. The molecule has 0 unspecified atom stereocenters. The Balaban J connectivity index is 0.000000521. The first-order chi connectivity index (χ1) is 13.5. The van der Waals surface area contributed by atoms with Crippen molar-refractivity contribution in [1.82, 2.24) is 20.6 Å². The van der Waals surface area contributed by atoms with Crippen LogP contribution in [0, 0.1) is 0 Å². The van der Waals surface area contributed by atoms with Crippen molar-refractivity contribution in [3.05, 3.63) is 53.9 Å². The van der Waals surface area contributed by atoms with Crippen LogP contribution in [-0.2, 0) is 20.2 Å². The molecule has 0 atom stereocenters. The number of hydrogen-bond acceptors (Lipinski definition) is 9. The predicted octanol–water partition coefficient (Wildman–Crippen LogP) is 0.715. The summed E-state index contributed by atoms with van der Waals surface area (Å²) in [6.45, 7) is 0. The summed E-state index contributed by atoms with van der Waals surface area (Å²) in [4.78, 5) is -0.856. The van der Waals surface area contributed by atoms with Gasteiger partial charge in [0, 0.05) is 11.4 Å². The molecule has 0 aliphatic rings. The van der Waals surface area contributed by atoms with Crippen molar-refractivity contribution in [3.63, 3.8) is 0 Å². The van der Waals surface area contributed by atoms with Crippen molar-refractivity contribution in [2.75, 3.05) is 11.5 Å². The van der Waals surface area contributed by atoms with E-state index in [1.165, 1.54) is 42.7 Å². The lowest BCUT2D eigenvalue weighted by Gasteiger charge is -2.06. The standard InChI is InChI=1S/C14H14N2O6S2.CH2N4/c15-11-5-3-9(13(7-11)23(17,18)19)1-2-10-4-6-12(16)8-14(10)24(20,21)22;1-2-4-5-3-1/h1-8H,15-16H2,(H,17,18,19)(H,20,21,22);1H,(H,2,3,4,5)/b2-1+;. The zero-order valence-electron chi connectivity index (χ0n) is 14.5. The minimum atomic E-state index is -4.52. The van der Waals surface area contributed by atoms with Gasteiger partial charge in [-0.05, 0) is 35.4 Å². The third-order valence-corrected chi connectivity index (χ3v) is 5.16. The second-order valence-electron chi connectivity index (χ2n) is 5.44. The average Bonchev–Trinajstić information content (AvgIpc) is 3.20. The Morgan fingerprint density at radius 1 is 0.828 bits per heavy atom. The number of nitrogens with two attached hydrogens (primary N) is 2. The van der Waals surface area contributed by atoms with Crippen molar-refractivity contribution in [2.24, 2.45) is 0 Å². The molecule has 2 aromatic carbocycles. The summed E-state index contributed by atoms with van der Waals surface area (Å²) in [6.07, 6.45) is 3.87. The highest BCUT2D eigenvalue weighted by Gasteiger charge is 2.16. The van der Waals surface area contributed by atoms with Crippen LogP contribution in [0.25, 0.3) is 12.2 Å². The first-order valence-corrected chi connectivity index (χ1v) is 10.4. The van der Waals surface area contributed by atoms with Gasteiger partial charge in [0.2, 0.25) is 0 Å². The van der Waals surface area contributed by atoms with E-state index in [0.717, 1.165) is 12.1 Å². The normalized spacial score (nSPS) is 11.8. The van der Waals surface area contributed by atoms with Crippen LogP contribution in [0.5, 0.6) is 0 Å². The highest BCUT2D eigenvalue weighted by molar-refractivity contribution is 7.86. The van der Waals surface area contributed by atoms with Crippen molar-refractivity contribution in [1.29, 1.82) is 0 Å². The summed E-state index contributed by atoms with van der Waals surface area (Å²) in [5, 5.41) is 12.2. The molecule has 29 heavy (non-hydrogen) atoms. The Bertz CT molecular complexity index is 1120. The zero-order valence-corrected chi connectivity index (χ0v) is 16.2. The maximum Gasteiger partial charge on any atom is 0.295 e. The Hall–Kier alpha value is -3.33. The summed E-state index contributed by atoms with van der Waals surface area (Å²) in [5.74, 6) is 0. The van der Waals surface area contributed by atoms with Gasteiger partial charge < -0.3 is 11.5 Å². The minimum Gasteiger partial charge on any atom is -0.399 e. The zero-order chi connectivity index (χ0) is 21.7. The molecule has 0 aliphatic heterocycles. The Morgan fingerprint density at radius 2 is 1.28 bits per heavy atom. The second-order valence-corrected chi connectivity index (χ2v) is 8.22. The van der Waals surface area contributed by atoms with Crippen LogP contribution in [0.2, 0.25) is 0 Å². The van der Waals surface area contributed by atoms with Gasteiger partial charge in [0.25, 0.3) is 20.2 Å². The van der Waals surface area contributed by atoms with Gasteiger partial charge in [0.1, 0.15) is 9.79 Å². The fraction of sp³-hybridized carbons (Fsp3) is 0. The number of benzene rings is 2. The number of rotatable bonds is 4. The van der Waals surface area contributed by atoms with E-state index >= 15 is 0 Å².